The zero-order valence-electron chi connectivity index (χ0n) is 13.1. The largest absolute Gasteiger partial charge is 0.376 e. The van der Waals surface area contributed by atoms with E-state index in [1.54, 1.807) is 0 Å². The molecule has 0 radical (unpaired) electrons. The molecule has 0 aromatic heterocycles. The number of fused-ring (bicyclic) bond motifs is 1. The van der Waals surface area contributed by atoms with E-state index in [9.17, 15) is 4.79 Å². The van der Waals surface area contributed by atoms with E-state index in [1.165, 1.54) is 5.39 Å². The average molecular weight is 298 g/mol. The van der Waals surface area contributed by atoms with Crippen LogP contribution in [0.4, 0.5) is 5.69 Å². The van der Waals surface area contributed by atoms with Crippen LogP contribution in [-0.2, 0) is 9.53 Å². The van der Waals surface area contributed by atoms with E-state index in [0.717, 1.165) is 24.2 Å². The molecule has 0 aliphatic carbocycles. The van der Waals surface area contributed by atoms with Crippen molar-refractivity contribution in [1.82, 2.24) is 4.90 Å². The summed E-state index contributed by atoms with van der Waals surface area (Å²) in [6, 6.07) is 14.0. The third kappa shape index (κ3) is 3.29. The predicted octanol–water partition coefficient (Wildman–Crippen LogP) is 2.89. The highest BCUT2D eigenvalue weighted by molar-refractivity contribution is 5.97. The molecule has 2 unspecified atom stereocenters. The van der Waals surface area contributed by atoms with Gasteiger partial charge >= 0.3 is 0 Å². The van der Waals surface area contributed by atoms with Crippen LogP contribution in [0, 0.1) is 0 Å². The quantitative estimate of drug-likeness (QED) is 0.947. The fraction of sp³-hybridized carbons (Fsp3) is 0.389. The molecule has 1 fully saturated rings. The number of benzene rings is 2. The minimum absolute atomic E-state index is 0.0318. The lowest BCUT2D eigenvalue weighted by Gasteiger charge is -2.34. The number of hydrogen-bond acceptors (Lipinski definition) is 3. The van der Waals surface area contributed by atoms with Crippen LogP contribution >= 0.6 is 0 Å². The standard InChI is InChI=1S/C18H22N2O2/c1-13-12-20(9-10-22-13)14(2)18(21)19-17-8-7-15-5-3-4-6-16(15)11-17/h3-8,11,13-14H,9-10,12H2,1-2H3,(H,19,21). The molecule has 1 aliphatic rings. The van der Waals surface area contributed by atoms with Gasteiger partial charge in [-0.05, 0) is 36.8 Å². The number of amides is 1. The summed E-state index contributed by atoms with van der Waals surface area (Å²) in [7, 11) is 0. The summed E-state index contributed by atoms with van der Waals surface area (Å²) >= 11 is 0. The minimum atomic E-state index is -0.155. The summed E-state index contributed by atoms with van der Waals surface area (Å²) in [6.45, 7) is 6.28. The van der Waals surface area contributed by atoms with Crippen LogP contribution in [-0.4, -0.2) is 42.6 Å². The van der Waals surface area contributed by atoms with Gasteiger partial charge in [0.25, 0.3) is 0 Å². The number of nitrogens with one attached hydrogen (secondary N) is 1. The van der Waals surface area contributed by atoms with Crippen molar-refractivity contribution in [3.63, 3.8) is 0 Å². The van der Waals surface area contributed by atoms with Crippen LogP contribution in [0.15, 0.2) is 42.5 Å². The molecule has 1 saturated heterocycles. The van der Waals surface area contributed by atoms with E-state index in [1.807, 2.05) is 44.2 Å². The highest BCUT2D eigenvalue weighted by Crippen LogP contribution is 2.19. The smallest absolute Gasteiger partial charge is 0.241 e. The molecule has 4 heteroatoms. The number of carbonyl (C=O) groups excluding carboxylic acids is 1. The van der Waals surface area contributed by atoms with Crippen LogP contribution in [0.2, 0.25) is 0 Å². The first-order chi connectivity index (χ1) is 10.6. The lowest BCUT2D eigenvalue weighted by atomic mass is 10.1. The minimum Gasteiger partial charge on any atom is -0.376 e. The van der Waals surface area contributed by atoms with Crippen molar-refractivity contribution in [2.75, 3.05) is 25.0 Å². The normalized spacial score (nSPS) is 20.7. The van der Waals surface area contributed by atoms with Gasteiger partial charge in [0.1, 0.15) is 0 Å². The van der Waals surface area contributed by atoms with Crippen molar-refractivity contribution in [2.45, 2.75) is 26.0 Å². The van der Waals surface area contributed by atoms with E-state index >= 15 is 0 Å². The van der Waals surface area contributed by atoms with Crippen LogP contribution in [0.3, 0.4) is 0 Å². The third-order valence-electron chi connectivity index (χ3n) is 4.22. The molecule has 1 amide bonds. The Balaban J connectivity index is 1.69. The zero-order valence-corrected chi connectivity index (χ0v) is 13.1. The second kappa shape index (κ2) is 6.46. The Bertz CT molecular complexity index is 671. The van der Waals surface area contributed by atoms with Crippen molar-refractivity contribution in [1.29, 1.82) is 0 Å². The van der Waals surface area contributed by atoms with Gasteiger partial charge in [-0.3, -0.25) is 9.69 Å². The van der Waals surface area contributed by atoms with Crippen molar-refractivity contribution in [2.24, 2.45) is 0 Å². The molecule has 22 heavy (non-hydrogen) atoms. The molecule has 116 valence electrons. The number of hydrogen-bond donors (Lipinski definition) is 1. The Morgan fingerprint density at radius 3 is 2.82 bits per heavy atom. The van der Waals surface area contributed by atoms with E-state index in [4.69, 9.17) is 4.74 Å². The van der Waals surface area contributed by atoms with Gasteiger partial charge < -0.3 is 10.1 Å². The molecular weight excluding hydrogens is 276 g/mol. The van der Waals surface area contributed by atoms with Crippen LogP contribution < -0.4 is 5.32 Å². The monoisotopic (exact) mass is 298 g/mol. The molecule has 0 bridgehead atoms. The van der Waals surface area contributed by atoms with E-state index in [-0.39, 0.29) is 18.1 Å². The van der Waals surface area contributed by atoms with Crippen molar-refractivity contribution in [3.05, 3.63) is 42.5 Å². The lowest BCUT2D eigenvalue weighted by Crippen LogP contribution is -2.50. The molecule has 1 N–H and O–H groups in total. The second-order valence-electron chi connectivity index (χ2n) is 5.90. The van der Waals surface area contributed by atoms with E-state index < -0.39 is 0 Å². The maximum atomic E-state index is 12.5. The Morgan fingerprint density at radius 2 is 2.05 bits per heavy atom. The molecule has 2 aromatic carbocycles. The Morgan fingerprint density at radius 1 is 1.27 bits per heavy atom. The van der Waals surface area contributed by atoms with Crippen molar-refractivity contribution >= 4 is 22.4 Å². The highest BCUT2D eigenvalue weighted by Gasteiger charge is 2.26. The summed E-state index contributed by atoms with van der Waals surface area (Å²) in [5.41, 5.74) is 0.844. The van der Waals surface area contributed by atoms with Gasteiger partial charge in [0.2, 0.25) is 5.91 Å². The first kappa shape index (κ1) is 15.0. The first-order valence-corrected chi connectivity index (χ1v) is 7.79. The number of morpholine rings is 1. The summed E-state index contributed by atoms with van der Waals surface area (Å²) in [5.74, 6) is 0.0318. The lowest BCUT2D eigenvalue weighted by molar-refractivity contribution is -0.123. The van der Waals surface area contributed by atoms with Gasteiger partial charge in [-0.15, -0.1) is 0 Å². The van der Waals surface area contributed by atoms with Gasteiger partial charge in [0.15, 0.2) is 0 Å². The van der Waals surface area contributed by atoms with Gasteiger partial charge in [-0.1, -0.05) is 30.3 Å². The first-order valence-electron chi connectivity index (χ1n) is 7.79. The SMILES string of the molecule is CC1CN(C(C)C(=O)Nc2ccc3ccccc3c2)CCO1. The highest BCUT2D eigenvalue weighted by atomic mass is 16.5. The molecule has 1 heterocycles. The van der Waals surface area contributed by atoms with Gasteiger partial charge in [0, 0.05) is 18.8 Å². The molecule has 0 saturated carbocycles. The Labute approximate surface area is 131 Å². The maximum Gasteiger partial charge on any atom is 0.241 e. The van der Waals surface area contributed by atoms with E-state index in [0.29, 0.717) is 6.61 Å². The van der Waals surface area contributed by atoms with Crippen molar-refractivity contribution in [3.8, 4) is 0 Å². The summed E-state index contributed by atoms with van der Waals surface area (Å²) < 4.78 is 5.53. The van der Waals surface area contributed by atoms with Gasteiger partial charge in [-0.2, -0.15) is 0 Å². The van der Waals surface area contributed by atoms with Crippen LogP contribution in [0.1, 0.15) is 13.8 Å². The molecule has 1 aliphatic heterocycles. The van der Waals surface area contributed by atoms with Crippen molar-refractivity contribution < 1.29 is 9.53 Å². The summed E-state index contributed by atoms with van der Waals surface area (Å²) in [6.07, 6.45) is 0.185. The maximum absolute atomic E-state index is 12.5. The Kier molecular flexibility index (Phi) is 4.41. The molecule has 2 atom stereocenters. The van der Waals surface area contributed by atoms with Crippen LogP contribution in [0.25, 0.3) is 10.8 Å². The average Bonchev–Trinajstić information content (AvgIpc) is 2.54. The fourth-order valence-corrected chi connectivity index (χ4v) is 2.88. The van der Waals surface area contributed by atoms with E-state index in [2.05, 4.69) is 22.3 Å². The molecular formula is C18H22N2O2. The third-order valence-corrected chi connectivity index (χ3v) is 4.22. The number of rotatable bonds is 3. The number of nitrogens with zero attached hydrogens (tertiary/aromatic N) is 1. The van der Waals surface area contributed by atoms with Crippen LogP contribution in [0.5, 0.6) is 0 Å². The number of anilines is 1. The molecule has 2 aromatic rings. The second-order valence-corrected chi connectivity index (χ2v) is 5.90. The number of ether oxygens (including phenoxy) is 1. The summed E-state index contributed by atoms with van der Waals surface area (Å²) in [4.78, 5) is 14.6. The number of carbonyl (C=O) groups is 1. The summed E-state index contributed by atoms with van der Waals surface area (Å²) in [5, 5.41) is 5.33. The predicted molar refractivity (Wildman–Crippen MR) is 89.0 cm³/mol. The van der Waals surface area contributed by atoms with Gasteiger partial charge in [0.05, 0.1) is 18.8 Å². The zero-order chi connectivity index (χ0) is 15.5. The molecule has 4 nitrogen and oxygen atoms in total. The molecule has 3 rings (SSSR count). The topological polar surface area (TPSA) is 41.6 Å². The fourth-order valence-electron chi connectivity index (χ4n) is 2.88. The Hall–Kier alpha value is -1.91. The molecule has 0 spiro atoms. The van der Waals surface area contributed by atoms with Gasteiger partial charge in [-0.25, -0.2) is 0 Å².